The van der Waals surface area contributed by atoms with Gasteiger partial charge in [-0.3, -0.25) is 0 Å². The summed E-state index contributed by atoms with van der Waals surface area (Å²) in [6.45, 7) is 8.72. The van der Waals surface area contributed by atoms with E-state index < -0.39 is 0 Å². The molecule has 0 atom stereocenters. The van der Waals surface area contributed by atoms with Crippen molar-refractivity contribution >= 4 is 0 Å². The van der Waals surface area contributed by atoms with Gasteiger partial charge in [-0.05, 0) is 17.9 Å². The smallest absolute Gasteiger partial charge is 0.0296 e. The molecule has 0 spiro atoms. The van der Waals surface area contributed by atoms with Gasteiger partial charge in [0.15, 0.2) is 0 Å². The number of nitrogens with one attached hydrogen (secondary N) is 1. The van der Waals surface area contributed by atoms with Gasteiger partial charge in [-0.2, -0.15) is 0 Å². The van der Waals surface area contributed by atoms with E-state index in [0.29, 0.717) is 11.8 Å². The topological polar surface area (TPSA) is 12.0 Å². The molecule has 0 aliphatic heterocycles. The second-order valence-corrected chi connectivity index (χ2v) is 3.72. The first-order valence-corrected chi connectivity index (χ1v) is 4.64. The minimum Gasteiger partial charge on any atom is -0.388 e. The molecule has 1 nitrogen and oxygen atoms in total. The van der Waals surface area contributed by atoms with E-state index in [1.807, 2.05) is 7.05 Å². The summed E-state index contributed by atoms with van der Waals surface area (Å²) in [5, 5.41) is 3.16. The Balaban J connectivity index is 4.17. The van der Waals surface area contributed by atoms with Crippen molar-refractivity contribution in [2.45, 2.75) is 27.7 Å². The number of hydrogen-bond donors (Lipinski definition) is 1. The first-order chi connectivity index (χ1) is 5.56. The van der Waals surface area contributed by atoms with Crippen LogP contribution in [0, 0.1) is 11.8 Å². The maximum atomic E-state index is 3.16. The number of allylic oxidation sites excluding steroid dienone is 3. The quantitative estimate of drug-likeness (QED) is 0.635. The average molecular weight is 167 g/mol. The van der Waals surface area contributed by atoms with Crippen molar-refractivity contribution in [3.05, 3.63) is 23.9 Å². The SMILES string of the molecule is CNC(/C=C\C(C)C)=C/C(C)C. The Kier molecular flexibility index (Phi) is 5.52. The van der Waals surface area contributed by atoms with Crippen LogP contribution >= 0.6 is 0 Å². The Morgan fingerprint density at radius 3 is 2.00 bits per heavy atom. The maximum Gasteiger partial charge on any atom is 0.0296 e. The van der Waals surface area contributed by atoms with E-state index >= 15 is 0 Å². The van der Waals surface area contributed by atoms with E-state index in [9.17, 15) is 0 Å². The van der Waals surface area contributed by atoms with Gasteiger partial charge in [0, 0.05) is 12.7 Å². The van der Waals surface area contributed by atoms with Crippen LogP contribution in [0.4, 0.5) is 0 Å². The van der Waals surface area contributed by atoms with Crippen molar-refractivity contribution in [2.24, 2.45) is 11.8 Å². The van der Waals surface area contributed by atoms with Gasteiger partial charge in [-0.1, -0.05) is 39.8 Å². The highest BCUT2D eigenvalue weighted by atomic mass is 14.8. The van der Waals surface area contributed by atoms with Gasteiger partial charge < -0.3 is 5.32 Å². The second kappa shape index (κ2) is 5.87. The predicted molar refractivity (Wildman–Crippen MR) is 56.0 cm³/mol. The van der Waals surface area contributed by atoms with E-state index in [1.54, 1.807) is 0 Å². The Hall–Kier alpha value is -0.720. The Bertz CT molecular complexity index is 164. The van der Waals surface area contributed by atoms with Gasteiger partial charge in [0.2, 0.25) is 0 Å². The lowest BCUT2D eigenvalue weighted by atomic mass is 10.1. The molecule has 0 saturated heterocycles. The third-order valence-corrected chi connectivity index (χ3v) is 1.46. The van der Waals surface area contributed by atoms with E-state index in [-0.39, 0.29) is 0 Å². The largest absolute Gasteiger partial charge is 0.388 e. The number of rotatable bonds is 4. The fraction of sp³-hybridized carbons (Fsp3) is 0.636. The van der Waals surface area contributed by atoms with Crippen molar-refractivity contribution in [1.29, 1.82) is 0 Å². The summed E-state index contributed by atoms with van der Waals surface area (Å²) >= 11 is 0. The van der Waals surface area contributed by atoms with Crippen LogP contribution in [0.5, 0.6) is 0 Å². The van der Waals surface area contributed by atoms with Crippen LogP contribution in [0.15, 0.2) is 23.9 Å². The van der Waals surface area contributed by atoms with Crippen LogP contribution in [0.1, 0.15) is 27.7 Å². The minimum atomic E-state index is 0.601. The monoisotopic (exact) mass is 167 g/mol. The van der Waals surface area contributed by atoms with Gasteiger partial charge in [0.25, 0.3) is 0 Å². The molecule has 0 amide bonds. The van der Waals surface area contributed by atoms with E-state index in [1.165, 1.54) is 5.70 Å². The zero-order valence-corrected chi connectivity index (χ0v) is 8.89. The highest BCUT2D eigenvalue weighted by Gasteiger charge is 1.91. The Morgan fingerprint density at radius 1 is 1.08 bits per heavy atom. The fourth-order valence-electron chi connectivity index (χ4n) is 0.877. The van der Waals surface area contributed by atoms with Crippen molar-refractivity contribution in [2.75, 3.05) is 7.05 Å². The van der Waals surface area contributed by atoms with Gasteiger partial charge >= 0.3 is 0 Å². The summed E-state index contributed by atoms with van der Waals surface area (Å²) in [7, 11) is 1.96. The molecule has 0 aromatic carbocycles. The molecule has 0 saturated carbocycles. The standard InChI is InChI=1S/C11H21N/c1-9(2)6-7-11(12-5)8-10(3)4/h6-10,12H,1-5H3/b7-6-,11-8+. The van der Waals surface area contributed by atoms with Gasteiger partial charge in [-0.25, -0.2) is 0 Å². The average Bonchev–Trinajstić information content (AvgIpc) is 1.97. The van der Waals surface area contributed by atoms with Crippen LogP contribution in [0.2, 0.25) is 0 Å². The molecule has 0 aliphatic rings. The summed E-state index contributed by atoms with van der Waals surface area (Å²) in [5.74, 6) is 1.22. The van der Waals surface area contributed by atoms with Crippen LogP contribution in [-0.2, 0) is 0 Å². The second-order valence-electron chi connectivity index (χ2n) is 3.72. The molecule has 0 unspecified atom stereocenters. The van der Waals surface area contributed by atoms with Crippen LogP contribution in [0.3, 0.4) is 0 Å². The first kappa shape index (κ1) is 11.3. The fourth-order valence-corrected chi connectivity index (χ4v) is 0.877. The molecule has 0 heterocycles. The van der Waals surface area contributed by atoms with Gasteiger partial charge in [0.1, 0.15) is 0 Å². The zero-order chi connectivity index (χ0) is 9.56. The lowest BCUT2D eigenvalue weighted by molar-refractivity contribution is 0.803. The molecule has 0 aromatic rings. The van der Waals surface area contributed by atoms with E-state index in [2.05, 4.69) is 51.2 Å². The molecule has 0 rings (SSSR count). The number of likely N-dealkylation sites (N-methyl/N-ethyl adjacent to an activating group) is 1. The highest BCUT2D eigenvalue weighted by molar-refractivity contribution is 5.17. The molecule has 12 heavy (non-hydrogen) atoms. The third kappa shape index (κ3) is 6.02. The molecule has 0 radical (unpaired) electrons. The molecule has 0 fully saturated rings. The van der Waals surface area contributed by atoms with Crippen LogP contribution < -0.4 is 5.32 Å². The van der Waals surface area contributed by atoms with E-state index in [4.69, 9.17) is 0 Å². The Labute approximate surface area is 76.6 Å². The summed E-state index contributed by atoms with van der Waals surface area (Å²) < 4.78 is 0. The normalized spacial score (nSPS) is 13.4. The first-order valence-electron chi connectivity index (χ1n) is 4.64. The summed E-state index contributed by atoms with van der Waals surface area (Å²) in [6, 6.07) is 0. The van der Waals surface area contributed by atoms with Gasteiger partial charge in [-0.15, -0.1) is 0 Å². The zero-order valence-electron chi connectivity index (χ0n) is 8.89. The van der Waals surface area contributed by atoms with Crippen LogP contribution in [-0.4, -0.2) is 7.05 Å². The third-order valence-electron chi connectivity index (χ3n) is 1.46. The van der Waals surface area contributed by atoms with Crippen molar-refractivity contribution < 1.29 is 0 Å². The molecular weight excluding hydrogens is 146 g/mol. The Morgan fingerprint density at radius 2 is 1.67 bits per heavy atom. The molecule has 1 heteroatoms. The van der Waals surface area contributed by atoms with E-state index in [0.717, 1.165) is 0 Å². The molecule has 70 valence electrons. The minimum absolute atomic E-state index is 0.601. The van der Waals surface area contributed by atoms with Crippen molar-refractivity contribution in [3.63, 3.8) is 0 Å². The van der Waals surface area contributed by atoms with Crippen LogP contribution in [0.25, 0.3) is 0 Å². The summed E-state index contributed by atoms with van der Waals surface area (Å²) in [5.41, 5.74) is 1.21. The predicted octanol–water partition coefficient (Wildman–Crippen LogP) is 2.96. The molecule has 0 bridgehead atoms. The van der Waals surface area contributed by atoms with Gasteiger partial charge in [0.05, 0.1) is 0 Å². The molecule has 1 N–H and O–H groups in total. The maximum absolute atomic E-state index is 3.16. The molecular formula is C11H21N. The molecule has 0 aliphatic carbocycles. The number of hydrogen-bond acceptors (Lipinski definition) is 1. The lowest BCUT2D eigenvalue weighted by Crippen LogP contribution is -2.04. The summed E-state index contributed by atoms with van der Waals surface area (Å²) in [6.07, 6.45) is 6.56. The van der Waals surface area contributed by atoms with Crippen molar-refractivity contribution in [1.82, 2.24) is 5.32 Å². The highest BCUT2D eigenvalue weighted by Crippen LogP contribution is 2.02. The lowest BCUT2D eigenvalue weighted by Gasteiger charge is -2.03. The van der Waals surface area contributed by atoms with Crippen molar-refractivity contribution in [3.8, 4) is 0 Å². The molecule has 0 aromatic heterocycles. The summed E-state index contributed by atoms with van der Waals surface area (Å²) in [4.78, 5) is 0.